The van der Waals surface area contributed by atoms with Gasteiger partial charge in [-0.25, -0.2) is 4.99 Å². The summed E-state index contributed by atoms with van der Waals surface area (Å²) in [6.07, 6.45) is 0.991. The van der Waals surface area contributed by atoms with E-state index in [2.05, 4.69) is 35.9 Å². The van der Waals surface area contributed by atoms with Gasteiger partial charge in [0.25, 0.3) is 0 Å². The Labute approximate surface area is 131 Å². The SMILES string of the molecule is CCC(CN=C(N)N1CCSCC1)Oc1cccc(C)c1. The Hall–Kier alpha value is -1.36. The molecule has 1 aliphatic heterocycles. The highest BCUT2D eigenvalue weighted by Gasteiger charge is 2.13. The molecule has 1 fully saturated rings. The van der Waals surface area contributed by atoms with Crippen LogP contribution in [0.1, 0.15) is 18.9 Å². The van der Waals surface area contributed by atoms with Crippen molar-refractivity contribution in [3.05, 3.63) is 29.8 Å². The molecule has 0 amide bonds. The number of nitrogens with zero attached hydrogens (tertiary/aromatic N) is 2. The van der Waals surface area contributed by atoms with Crippen molar-refractivity contribution < 1.29 is 4.74 Å². The van der Waals surface area contributed by atoms with Gasteiger partial charge in [0, 0.05) is 24.6 Å². The third-order valence-electron chi connectivity index (χ3n) is 3.54. The van der Waals surface area contributed by atoms with Crippen LogP contribution in [0.25, 0.3) is 0 Å². The molecule has 1 heterocycles. The third kappa shape index (κ3) is 5.16. The largest absolute Gasteiger partial charge is 0.489 e. The van der Waals surface area contributed by atoms with E-state index in [0.717, 1.165) is 36.8 Å². The maximum absolute atomic E-state index is 6.08. The Balaban J connectivity index is 1.89. The minimum absolute atomic E-state index is 0.0736. The molecule has 5 heteroatoms. The average Bonchev–Trinajstić information content (AvgIpc) is 2.52. The summed E-state index contributed by atoms with van der Waals surface area (Å²) in [4.78, 5) is 6.69. The van der Waals surface area contributed by atoms with Crippen LogP contribution in [0.3, 0.4) is 0 Å². The predicted octanol–water partition coefficient (Wildman–Crippen LogP) is 2.52. The number of hydrogen-bond donors (Lipinski definition) is 1. The first-order chi connectivity index (χ1) is 10.2. The summed E-state index contributed by atoms with van der Waals surface area (Å²) in [6, 6.07) is 8.13. The predicted molar refractivity (Wildman–Crippen MR) is 91.3 cm³/mol. The molecule has 2 N–H and O–H groups in total. The lowest BCUT2D eigenvalue weighted by Gasteiger charge is -2.27. The second-order valence-corrected chi connectivity index (χ2v) is 6.49. The molecule has 1 unspecified atom stereocenters. The lowest BCUT2D eigenvalue weighted by atomic mass is 10.2. The lowest BCUT2D eigenvalue weighted by molar-refractivity contribution is 0.205. The van der Waals surface area contributed by atoms with Crippen molar-refractivity contribution in [3.8, 4) is 5.75 Å². The number of thioether (sulfide) groups is 1. The highest BCUT2D eigenvalue weighted by Crippen LogP contribution is 2.15. The molecule has 1 aromatic rings. The highest BCUT2D eigenvalue weighted by atomic mass is 32.2. The summed E-state index contributed by atoms with van der Waals surface area (Å²) in [5, 5.41) is 0. The fourth-order valence-corrected chi connectivity index (χ4v) is 3.12. The van der Waals surface area contributed by atoms with Crippen LogP contribution in [0.15, 0.2) is 29.3 Å². The third-order valence-corrected chi connectivity index (χ3v) is 4.48. The zero-order chi connectivity index (χ0) is 15.1. The molecule has 0 bridgehead atoms. The number of aryl methyl sites for hydroxylation is 1. The van der Waals surface area contributed by atoms with Gasteiger partial charge in [0.05, 0.1) is 6.54 Å². The lowest BCUT2D eigenvalue weighted by Crippen LogP contribution is -2.43. The van der Waals surface area contributed by atoms with Crippen LogP contribution < -0.4 is 10.5 Å². The van der Waals surface area contributed by atoms with E-state index in [0.29, 0.717) is 12.5 Å². The monoisotopic (exact) mass is 307 g/mol. The van der Waals surface area contributed by atoms with Crippen molar-refractivity contribution >= 4 is 17.7 Å². The van der Waals surface area contributed by atoms with Gasteiger partial charge in [-0.3, -0.25) is 0 Å². The molecular formula is C16H25N3OS. The van der Waals surface area contributed by atoms with Crippen LogP contribution >= 0.6 is 11.8 Å². The van der Waals surface area contributed by atoms with Crippen molar-refractivity contribution in [2.45, 2.75) is 26.4 Å². The van der Waals surface area contributed by atoms with Crippen LogP contribution in [-0.4, -0.2) is 48.1 Å². The maximum atomic E-state index is 6.08. The molecular weight excluding hydrogens is 282 g/mol. The minimum atomic E-state index is 0.0736. The zero-order valence-electron chi connectivity index (χ0n) is 12.9. The van der Waals surface area contributed by atoms with Crippen molar-refractivity contribution in [2.75, 3.05) is 31.1 Å². The van der Waals surface area contributed by atoms with Gasteiger partial charge in [-0.2, -0.15) is 11.8 Å². The molecule has 1 atom stereocenters. The van der Waals surface area contributed by atoms with Gasteiger partial charge in [0.2, 0.25) is 0 Å². The molecule has 0 aromatic heterocycles. The molecule has 1 aromatic carbocycles. The fraction of sp³-hybridized carbons (Fsp3) is 0.562. The molecule has 0 aliphatic carbocycles. The number of aliphatic imine (C=N–C) groups is 1. The quantitative estimate of drug-likeness (QED) is 0.671. The molecule has 2 rings (SSSR count). The number of guanidine groups is 1. The molecule has 116 valence electrons. The number of hydrogen-bond acceptors (Lipinski definition) is 3. The number of rotatable bonds is 5. The zero-order valence-corrected chi connectivity index (χ0v) is 13.7. The van der Waals surface area contributed by atoms with E-state index < -0.39 is 0 Å². The van der Waals surface area contributed by atoms with E-state index in [1.165, 1.54) is 5.56 Å². The Morgan fingerprint density at radius 1 is 1.43 bits per heavy atom. The van der Waals surface area contributed by atoms with Gasteiger partial charge in [0.1, 0.15) is 11.9 Å². The average molecular weight is 307 g/mol. The molecule has 21 heavy (non-hydrogen) atoms. The van der Waals surface area contributed by atoms with E-state index in [9.17, 15) is 0 Å². The van der Waals surface area contributed by atoms with Crippen LogP contribution in [0, 0.1) is 6.92 Å². The van der Waals surface area contributed by atoms with E-state index >= 15 is 0 Å². The minimum Gasteiger partial charge on any atom is -0.489 e. The number of benzene rings is 1. The van der Waals surface area contributed by atoms with Gasteiger partial charge >= 0.3 is 0 Å². The summed E-state index contributed by atoms with van der Waals surface area (Å²) in [7, 11) is 0. The second-order valence-electron chi connectivity index (χ2n) is 5.26. The molecule has 1 aliphatic rings. The van der Waals surface area contributed by atoms with Crippen LogP contribution in [0.4, 0.5) is 0 Å². The summed E-state index contributed by atoms with van der Waals surface area (Å²) in [5.41, 5.74) is 7.28. The summed E-state index contributed by atoms with van der Waals surface area (Å²) < 4.78 is 6.00. The first kappa shape index (κ1) is 16.0. The van der Waals surface area contributed by atoms with Crippen molar-refractivity contribution in [1.29, 1.82) is 0 Å². The van der Waals surface area contributed by atoms with Gasteiger partial charge < -0.3 is 15.4 Å². The molecule has 0 saturated carbocycles. The van der Waals surface area contributed by atoms with E-state index in [4.69, 9.17) is 10.5 Å². The Morgan fingerprint density at radius 3 is 2.86 bits per heavy atom. The van der Waals surface area contributed by atoms with Gasteiger partial charge in [0.15, 0.2) is 5.96 Å². The standard InChI is InChI=1S/C16H25N3OS/c1-3-14(20-15-6-4-5-13(2)11-15)12-18-16(17)19-7-9-21-10-8-19/h4-6,11,14H,3,7-10,12H2,1-2H3,(H2,17,18). The number of nitrogens with two attached hydrogens (primary N) is 1. The van der Waals surface area contributed by atoms with Crippen molar-refractivity contribution in [3.63, 3.8) is 0 Å². The fourth-order valence-electron chi connectivity index (χ4n) is 2.22. The first-order valence-corrected chi connectivity index (χ1v) is 8.70. The normalized spacial score (nSPS) is 17.6. The maximum Gasteiger partial charge on any atom is 0.191 e. The van der Waals surface area contributed by atoms with Gasteiger partial charge in [-0.05, 0) is 31.0 Å². The topological polar surface area (TPSA) is 50.8 Å². The van der Waals surface area contributed by atoms with E-state index in [-0.39, 0.29) is 6.10 Å². The van der Waals surface area contributed by atoms with Crippen LogP contribution in [0.2, 0.25) is 0 Å². The summed E-state index contributed by atoms with van der Waals surface area (Å²) in [5.74, 6) is 3.83. The summed E-state index contributed by atoms with van der Waals surface area (Å²) >= 11 is 1.97. The van der Waals surface area contributed by atoms with Crippen molar-refractivity contribution in [1.82, 2.24) is 4.90 Å². The highest BCUT2D eigenvalue weighted by molar-refractivity contribution is 7.99. The van der Waals surface area contributed by atoms with E-state index in [1.54, 1.807) is 0 Å². The molecule has 0 radical (unpaired) electrons. The van der Waals surface area contributed by atoms with Gasteiger partial charge in [-0.15, -0.1) is 0 Å². The Morgan fingerprint density at radius 2 is 2.19 bits per heavy atom. The van der Waals surface area contributed by atoms with E-state index in [1.807, 2.05) is 23.9 Å². The first-order valence-electron chi connectivity index (χ1n) is 7.55. The van der Waals surface area contributed by atoms with Crippen molar-refractivity contribution in [2.24, 2.45) is 10.7 Å². The molecule has 4 nitrogen and oxygen atoms in total. The smallest absolute Gasteiger partial charge is 0.191 e. The Bertz CT molecular complexity index is 472. The number of ether oxygens (including phenoxy) is 1. The van der Waals surface area contributed by atoms with Crippen LogP contribution in [0.5, 0.6) is 5.75 Å². The Kier molecular flexibility index (Phi) is 6.23. The second kappa shape index (κ2) is 8.17. The summed E-state index contributed by atoms with van der Waals surface area (Å²) in [6.45, 7) is 6.78. The van der Waals surface area contributed by atoms with Gasteiger partial charge in [-0.1, -0.05) is 19.1 Å². The molecule has 1 saturated heterocycles. The molecule has 0 spiro atoms. The van der Waals surface area contributed by atoms with Crippen LogP contribution in [-0.2, 0) is 0 Å².